The largest absolute Gasteiger partial charge is 0.504 e. The van der Waals surface area contributed by atoms with Crippen LogP contribution in [0.5, 0.6) is 11.5 Å². The van der Waals surface area contributed by atoms with E-state index in [4.69, 9.17) is 4.42 Å². The van der Waals surface area contributed by atoms with E-state index in [0.29, 0.717) is 5.56 Å². The van der Waals surface area contributed by atoms with Gasteiger partial charge in [0.05, 0.1) is 10.9 Å². The fourth-order valence-electron chi connectivity index (χ4n) is 1.99. The molecule has 4 heteroatoms. The van der Waals surface area contributed by atoms with Gasteiger partial charge in [-0.2, -0.15) is 0 Å². The lowest BCUT2D eigenvalue weighted by Gasteiger charge is -2.04. The maximum atomic E-state index is 12.3. The molecule has 0 aliphatic carbocycles. The van der Waals surface area contributed by atoms with Crippen LogP contribution in [-0.4, -0.2) is 10.2 Å². The molecule has 3 rings (SSSR count). The first-order valence-electron chi connectivity index (χ1n) is 5.70. The number of hydrogen-bond acceptors (Lipinski definition) is 4. The number of benzene rings is 2. The van der Waals surface area contributed by atoms with Gasteiger partial charge in [0.1, 0.15) is 6.26 Å². The normalized spacial score (nSPS) is 10.7. The maximum Gasteiger partial charge on any atom is 0.201 e. The van der Waals surface area contributed by atoms with Crippen LogP contribution >= 0.6 is 0 Å². The summed E-state index contributed by atoms with van der Waals surface area (Å²) in [5.41, 5.74) is 0.899. The molecule has 1 aromatic heterocycles. The van der Waals surface area contributed by atoms with E-state index < -0.39 is 5.75 Å². The van der Waals surface area contributed by atoms with Gasteiger partial charge in [0.15, 0.2) is 11.3 Å². The van der Waals surface area contributed by atoms with E-state index in [1.54, 1.807) is 12.1 Å². The second-order valence-corrected chi connectivity index (χ2v) is 4.15. The van der Waals surface area contributed by atoms with Crippen molar-refractivity contribution in [3.05, 3.63) is 59.0 Å². The minimum atomic E-state index is -0.422. The fraction of sp³-hybridized carbons (Fsp3) is 0. The number of hydrogen-bond donors (Lipinski definition) is 2. The van der Waals surface area contributed by atoms with Gasteiger partial charge in [0, 0.05) is 0 Å². The third-order valence-electron chi connectivity index (χ3n) is 2.98. The Bertz CT molecular complexity index is 803. The highest BCUT2D eigenvalue weighted by molar-refractivity contribution is 5.87. The molecule has 0 aliphatic heterocycles. The Morgan fingerprint density at radius 2 is 1.68 bits per heavy atom. The van der Waals surface area contributed by atoms with E-state index in [-0.39, 0.29) is 22.1 Å². The van der Waals surface area contributed by atoms with Crippen molar-refractivity contribution in [2.75, 3.05) is 0 Å². The Balaban J connectivity index is 2.35. The lowest BCUT2D eigenvalue weighted by Crippen LogP contribution is -2.04. The molecule has 0 unspecified atom stereocenters. The first-order valence-corrected chi connectivity index (χ1v) is 5.70. The average Bonchev–Trinajstić information content (AvgIpc) is 2.44. The molecule has 1 heterocycles. The molecule has 0 amide bonds. The van der Waals surface area contributed by atoms with Gasteiger partial charge in [-0.3, -0.25) is 4.79 Å². The number of fused-ring (bicyclic) bond motifs is 1. The summed E-state index contributed by atoms with van der Waals surface area (Å²) in [6.07, 6.45) is 1.29. The van der Waals surface area contributed by atoms with Crippen molar-refractivity contribution in [2.24, 2.45) is 0 Å². The van der Waals surface area contributed by atoms with Crippen molar-refractivity contribution >= 4 is 11.0 Å². The van der Waals surface area contributed by atoms with Crippen molar-refractivity contribution in [3.63, 3.8) is 0 Å². The van der Waals surface area contributed by atoms with Crippen LogP contribution in [-0.2, 0) is 0 Å². The van der Waals surface area contributed by atoms with Crippen LogP contribution < -0.4 is 5.43 Å². The fourth-order valence-corrected chi connectivity index (χ4v) is 1.99. The predicted molar refractivity (Wildman–Crippen MR) is 71.2 cm³/mol. The van der Waals surface area contributed by atoms with Gasteiger partial charge in [-0.05, 0) is 17.7 Å². The highest BCUT2D eigenvalue weighted by Gasteiger charge is 2.13. The van der Waals surface area contributed by atoms with Gasteiger partial charge in [0.25, 0.3) is 0 Å². The van der Waals surface area contributed by atoms with Crippen LogP contribution in [0.25, 0.3) is 22.1 Å². The zero-order chi connectivity index (χ0) is 13.4. The van der Waals surface area contributed by atoms with Crippen molar-refractivity contribution in [1.82, 2.24) is 0 Å². The van der Waals surface area contributed by atoms with Crippen LogP contribution in [0.1, 0.15) is 0 Å². The lowest BCUT2D eigenvalue weighted by molar-refractivity contribution is 0.399. The molecule has 0 saturated heterocycles. The molecule has 94 valence electrons. The third kappa shape index (κ3) is 1.74. The number of phenolic OH excluding ortho intramolecular Hbond substituents is 2. The van der Waals surface area contributed by atoms with Gasteiger partial charge in [-0.1, -0.05) is 30.3 Å². The van der Waals surface area contributed by atoms with Gasteiger partial charge >= 0.3 is 0 Å². The average molecular weight is 254 g/mol. The summed E-state index contributed by atoms with van der Waals surface area (Å²) in [4.78, 5) is 12.3. The lowest BCUT2D eigenvalue weighted by atomic mass is 10.1. The molecule has 4 nitrogen and oxygen atoms in total. The molecule has 3 aromatic rings. The van der Waals surface area contributed by atoms with Crippen molar-refractivity contribution < 1.29 is 14.6 Å². The highest BCUT2D eigenvalue weighted by atomic mass is 16.4. The van der Waals surface area contributed by atoms with Crippen LogP contribution in [0, 0.1) is 0 Å². The molecular weight excluding hydrogens is 244 g/mol. The molecule has 0 saturated carbocycles. The van der Waals surface area contributed by atoms with E-state index in [0.717, 1.165) is 5.56 Å². The zero-order valence-corrected chi connectivity index (χ0v) is 9.83. The standard InChI is InChI=1S/C15H10O4/c16-12-7-6-10-13(17)11(8-19-15(10)14(12)18)9-4-2-1-3-5-9/h1-8,16,18H. The van der Waals surface area contributed by atoms with Crippen LogP contribution in [0.2, 0.25) is 0 Å². The minimum absolute atomic E-state index is 0.00955. The Morgan fingerprint density at radius 3 is 2.42 bits per heavy atom. The summed E-state index contributed by atoms with van der Waals surface area (Å²) in [6, 6.07) is 11.8. The van der Waals surface area contributed by atoms with Crippen molar-refractivity contribution in [2.45, 2.75) is 0 Å². The summed E-state index contributed by atoms with van der Waals surface area (Å²) in [5, 5.41) is 19.3. The second-order valence-electron chi connectivity index (χ2n) is 4.15. The predicted octanol–water partition coefficient (Wildman–Crippen LogP) is 2.87. The van der Waals surface area contributed by atoms with Gasteiger partial charge in [0.2, 0.25) is 11.2 Å². The molecular formula is C15H10O4. The SMILES string of the molecule is O=c1c(-c2ccccc2)coc2c(O)c(O)ccc12. The van der Waals surface area contributed by atoms with Gasteiger partial charge < -0.3 is 14.6 Å². The van der Waals surface area contributed by atoms with Gasteiger partial charge in [-0.15, -0.1) is 0 Å². The first kappa shape index (κ1) is 11.3. The minimum Gasteiger partial charge on any atom is -0.504 e. The van der Waals surface area contributed by atoms with E-state index in [1.807, 2.05) is 18.2 Å². The zero-order valence-electron chi connectivity index (χ0n) is 9.83. The summed E-state index contributed by atoms with van der Waals surface area (Å²) in [5.74, 6) is -0.739. The van der Waals surface area contributed by atoms with Crippen molar-refractivity contribution in [1.29, 1.82) is 0 Å². The van der Waals surface area contributed by atoms with Crippen molar-refractivity contribution in [3.8, 4) is 22.6 Å². The number of phenols is 2. The maximum absolute atomic E-state index is 12.3. The topological polar surface area (TPSA) is 70.7 Å². The molecule has 2 aromatic carbocycles. The quantitative estimate of drug-likeness (QED) is 0.655. The summed E-state index contributed by atoms with van der Waals surface area (Å²) in [6.45, 7) is 0. The Morgan fingerprint density at radius 1 is 0.947 bits per heavy atom. The van der Waals surface area contributed by atoms with E-state index in [1.165, 1.54) is 18.4 Å². The first-order chi connectivity index (χ1) is 9.18. The molecule has 0 atom stereocenters. The Hall–Kier alpha value is -2.75. The van der Waals surface area contributed by atoms with E-state index >= 15 is 0 Å². The summed E-state index contributed by atoms with van der Waals surface area (Å²) in [7, 11) is 0. The van der Waals surface area contributed by atoms with Crippen LogP contribution in [0.3, 0.4) is 0 Å². The van der Waals surface area contributed by atoms with E-state index in [9.17, 15) is 15.0 Å². The highest BCUT2D eigenvalue weighted by Crippen LogP contribution is 2.33. The molecule has 19 heavy (non-hydrogen) atoms. The second kappa shape index (κ2) is 4.17. The number of rotatable bonds is 1. The summed E-state index contributed by atoms with van der Waals surface area (Å²) >= 11 is 0. The smallest absolute Gasteiger partial charge is 0.201 e. The van der Waals surface area contributed by atoms with Gasteiger partial charge in [-0.25, -0.2) is 0 Å². The molecule has 2 N–H and O–H groups in total. The molecule has 0 spiro atoms. The molecule has 0 bridgehead atoms. The summed E-state index contributed by atoms with van der Waals surface area (Å²) < 4.78 is 5.28. The van der Waals surface area contributed by atoms with Crippen LogP contribution in [0.4, 0.5) is 0 Å². The Kier molecular flexibility index (Phi) is 2.49. The Labute approximate surface area is 108 Å². The molecule has 0 radical (unpaired) electrons. The van der Waals surface area contributed by atoms with Crippen LogP contribution in [0.15, 0.2) is 57.9 Å². The third-order valence-corrected chi connectivity index (χ3v) is 2.98. The molecule has 0 fully saturated rings. The monoisotopic (exact) mass is 254 g/mol. The number of aromatic hydroxyl groups is 2. The molecule has 0 aliphatic rings. The van der Waals surface area contributed by atoms with E-state index in [2.05, 4.69) is 0 Å².